The van der Waals surface area contributed by atoms with Crippen LogP contribution in [0.15, 0.2) is 72.0 Å². The first-order chi connectivity index (χ1) is 14.9. The minimum Gasteiger partial charge on any atom is -0.497 e. The van der Waals surface area contributed by atoms with Gasteiger partial charge in [-0.1, -0.05) is 18.2 Å². The van der Waals surface area contributed by atoms with Gasteiger partial charge in [-0.05, 0) is 60.5 Å². The van der Waals surface area contributed by atoms with Gasteiger partial charge in [0, 0.05) is 18.5 Å². The van der Waals surface area contributed by atoms with E-state index in [0.717, 1.165) is 16.9 Å². The zero-order valence-electron chi connectivity index (χ0n) is 17.5. The number of benzene rings is 2. The van der Waals surface area contributed by atoms with Crippen LogP contribution in [-0.4, -0.2) is 36.8 Å². The minimum absolute atomic E-state index is 0.194. The molecule has 0 spiro atoms. The summed E-state index contributed by atoms with van der Waals surface area (Å²) in [6.07, 6.45) is 3.88. The molecule has 0 saturated carbocycles. The average Bonchev–Trinajstić information content (AvgIpc) is 2.77. The molecule has 0 aliphatic heterocycles. The van der Waals surface area contributed by atoms with Crippen molar-refractivity contribution in [3.63, 3.8) is 0 Å². The van der Waals surface area contributed by atoms with Crippen LogP contribution < -0.4 is 14.8 Å². The topological polar surface area (TPSA) is 94.1 Å². The number of hydrogen-bond acceptors (Lipinski definition) is 5. The van der Waals surface area contributed by atoms with Crippen molar-refractivity contribution in [2.45, 2.75) is 26.0 Å². The molecule has 7 heteroatoms. The fourth-order valence-electron chi connectivity index (χ4n) is 3.11. The van der Waals surface area contributed by atoms with Crippen LogP contribution in [0.25, 0.3) is 0 Å². The third-order valence-electron chi connectivity index (χ3n) is 4.74. The Morgan fingerprint density at radius 1 is 1.13 bits per heavy atom. The molecule has 162 valence electrons. The van der Waals surface area contributed by atoms with E-state index in [0.29, 0.717) is 30.0 Å². The van der Waals surface area contributed by atoms with Gasteiger partial charge < -0.3 is 24.6 Å². The fourth-order valence-corrected chi connectivity index (χ4v) is 3.11. The van der Waals surface area contributed by atoms with Gasteiger partial charge in [0.25, 0.3) is 5.91 Å². The third kappa shape index (κ3) is 6.37. The maximum Gasteiger partial charge on any atom is 0.341 e. The van der Waals surface area contributed by atoms with Crippen LogP contribution in [-0.2, 0) is 16.1 Å². The molecule has 2 aromatic rings. The lowest BCUT2D eigenvalue weighted by molar-refractivity contribution is -0.140. The Hall–Kier alpha value is -3.74. The van der Waals surface area contributed by atoms with E-state index in [9.17, 15) is 9.59 Å². The molecule has 0 heterocycles. The van der Waals surface area contributed by atoms with Crippen LogP contribution >= 0.6 is 0 Å². The number of allylic oxidation sites excluding steroid dienone is 1. The zero-order chi connectivity index (χ0) is 22.2. The van der Waals surface area contributed by atoms with Crippen LogP contribution in [0.1, 0.15) is 29.3 Å². The monoisotopic (exact) mass is 423 g/mol. The van der Waals surface area contributed by atoms with Crippen LogP contribution in [0.2, 0.25) is 0 Å². The number of methoxy groups -OCH3 is 1. The molecule has 1 amide bonds. The van der Waals surface area contributed by atoms with E-state index in [-0.39, 0.29) is 18.6 Å². The molecule has 2 aromatic carbocycles. The second-order valence-corrected chi connectivity index (χ2v) is 7.11. The van der Waals surface area contributed by atoms with Crippen LogP contribution in [0, 0.1) is 0 Å². The molecule has 0 radical (unpaired) electrons. The Morgan fingerprint density at radius 2 is 1.90 bits per heavy atom. The lowest BCUT2D eigenvalue weighted by Gasteiger charge is -2.22. The van der Waals surface area contributed by atoms with Crippen molar-refractivity contribution in [2.75, 3.05) is 13.7 Å². The highest BCUT2D eigenvalue weighted by Crippen LogP contribution is 2.24. The van der Waals surface area contributed by atoms with Gasteiger partial charge in [0.1, 0.15) is 23.4 Å². The largest absolute Gasteiger partial charge is 0.497 e. The van der Waals surface area contributed by atoms with E-state index in [4.69, 9.17) is 19.3 Å². The Bertz CT molecular complexity index is 993. The van der Waals surface area contributed by atoms with Crippen molar-refractivity contribution >= 4 is 11.9 Å². The molecule has 1 unspecified atom stereocenters. The van der Waals surface area contributed by atoms with Gasteiger partial charge in [-0.15, -0.1) is 0 Å². The zero-order valence-corrected chi connectivity index (χ0v) is 17.5. The second kappa shape index (κ2) is 10.3. The van der Waals surface area contributed by atoms with E-state index in [1.165, 1.54) is 0 Å². The van der Waals surface area contributed by atoms with Gasteiger partial charge in [-0.25, -0.2) is 4.79 Å². The van der Waals surface area contributed by atoms with Crippen molar-refractivity contribution in [1.82, 2.24) is 5.32 Å². The van der Waals surface area contributed by atoms with Gasteiger partial charge in [0.05, 0.1) is 7.11 Å². The van der Waals surface area contributed by atoms with E-state index in [1.807, 2.05) is 37.3 Å². The molecule has 7 nitrogen and oxygen atoms in total. The number of rotatable bonds is 9. The maximum atomic E-state index is 12.5. The summed E-state index contributed by atoms with van der Waals surface area (Å²) in [5.74, 6) is 0.681. The normalized spacial score (nSPS) is 15.4. The Labute approximate surface area is 180 Å². The summed E-state index contributed by atoms with van der Waals surface area (Å²) in [5, 5.41) is 11.6. The number of amides is 1. The van der Waals surface area contributed by atoms with Crippen molar-refractivity contribution in [1.29, 1.82) is 0 Å². The first kappa shape index (κ1) is 22.0. The lowest BCUT2D eigenvalue weighted by Crippen LogP contribution is -2.23. The highest BCUT2D eigenvalue weighted by molar-refractivity contribution is 5.94. The Balaban J connectivity index is 1.55. The smallest absolute Gasteiger partial charge is 0.341 e. The summed E-state index contributed by atoms with van der Waals surface area (Å²) in [6, 6.07) is 14.5. The molecule has 0 saturated heterocycles. The Morgan fingerprint density at radius 3 is 2.58 bits per heavy atom. The van der Waals surface area contributed by atoms with Crippen molar-refractivity contribution in [2.24, 2.45) is 0 Å². The van der Waals surface area contributed by atoms with Gasteiger partial charge in [0.15, 0.2) is 6.61 Å². The predicted molar refractivity (Wildman–Crippen MR) is 115 cm³/mol. The molecule has 1 atom stereocenters. The number of hydrogen-bond donors (Lipinski definition) is 2. The van der Waals surface area contributed by atoms with Crippen LogP contribution in [0.3, 0.4) is 0 Å². The number of carbonyl (C=O) groups is 2. The molecule has 0 aromatic heterocycles. The van der Waals surface area contributed by atoms with Crippen molar-refractivity contribution in [3.05, 3.63) is 83.1 Å². The lowest BCUT2D eigenvalue weighted by atomic mass is 10.0. The second-order valence-electron chi connectivity index (χ2n) is 7.11. The van der Waals surface area contributed by atoms with Crippen LogP contribution in [0.4, 0.5) is 0 Å². The maximum absolute atomic E-state index is 12.5. The summed E-state index contributed by atoms with van der Waals surface area (Å²) in [5.41, 5.74) is 2.38. The fraction of sp³-hybridized carbons (Fsp3) is 0.250. The molecule has 1 aliphatic carbocycles. The molecule has 0 bridgehead atoms. The molecule has 3 rings (SSSR count). The summed E-state index contributed by atoms with van der Waals surface area (Å²) < 4.78 is 16.4. The number of carboxylic acid groups (broad SMARTS) is 1. The van der Waals surface area contributed by atoms with Gasteiger partial charge >= 0.3 is 5.97 Å². The van der Waals surface area contributed by atoms with Crippen LogP contribution in [0.5, 0.6) is 11.5 Å². The van der Waals surface area contributed by atoms with E-state index in [1.54, 1.807) is 37.5 Å². The summed E-state index contributed by atoms with van der Waals surface area (Å²) in [4.78, 5) is 23.2. The highest BCUT2D eigenvalue weighted by atomic mass is 16.5. The van der Waals surface area contributed by atoms with Crippen molar-refractivity contribution < 1.29 is 28.9 Å². The van der Waals surface area contributed by atoms with Crippen molar-refractivity contribution in [3.8, 4) is 11.5 Å². The number of aliphatic carboxylic acids is 1. The molecule has 2 N–H and O–H groups in total. The van der Waals surface area contributed by atoms with Gasteiger partial charge in [0.2, 0.25) is 0 Å². The minimum atomic E-state index is -1.02. The average molecular weight is 423 g/mol. The molecule has 1 aliphatic rings. The standard InChI is InChI=1S/C24H25NO6/c1-16-12-21(10-11-22(16)30-15-23(26)27)31-20-5-3-4-18(13-20)24(28)25-14-17-6-8-19(29-2)9-7-17/h3-11,13,21H,12,14-15H2,1-2H3,(H,25,28)(H,26,27). The number of carbonyl (C=O) groups excluding carboxylic acids is 1. The third-order valence-corrected chi connectivity index (χ3v) is 4.74. The molecule has 0 fully saturated rings. The predicted octanol–water partition coefficient (Wildman–Crippen LogP) is 3.71. The van der Waals surface area contributed by atoms with E-state index >= 15 is 0 Å². The quantitative estimate of drug-likeness (QED) is 0.639. The molecular formula is C24H25NO6. The SMILES string of the molecule is COc1ccc(CNC(=O)c2cccc(OC3C=CC(OCC(=O)O)=C(C)C3)c2)cc1. The summed E-state index contributed by atoms with van der Waals surface area (Å²) in [7, 11) is 1.61. The van der Waals surface area contributed by atoms with E-state index < -0.39 is 5.97 Å². The Kier molecular flexibility index (Phi) is 7.32. The summed E-state index contributed by atoms with van der Waals surface area (Å²) >= 11 is 0. The number of ether oxygens (including phenoxy) is 3. The first-order valence-corrected chi connectivity index (χ1v) is 9.85. The number of carboxylic acids is 1. The summed E-state index contributed by atoms with van der Waals surface area (Å²) in [6.45, 7) is 1.90. The van der Waals surface area contributed by atoms with E-state index in [2.05, 4.69) is 5.32 Å². The first-order valence-electron chi connectivity index (χ1n) is 9.85. The highest BCUT2D eigenvalue weighted by Gasteiger charge is 2.17. The molecular weight excluding hydrogens is 398 g/mol. The van der Waals surface area contributed by atoms with Gasteiger partial charge in [-0.3, -0.25) is 4.79 Å². The van der Waals surface area contributed by atoms with Gasteiger partial charge in [-0.2, -0.15) is 0 Å². The number of nitrogens with one attached hydrogen (secondary N) is 1. The molecule has 31 heavy (non-hydrogen) atoms.